The standard InChI is InChI=1S/C10H13N3O2S/c1-8-7-11-10(12-8)13-16(14,15)9-5-3-2-4-6-9/h2-6,8H,7H2,1H3,(H2,11,12,13)/t8-/m0/s1. The maximum absolute atomic E-state index is 11.9. The summed E-state index contributed by atoms with van der Waals surface area (Å²) in [5.74, 6) is 0.316. The predicted molar refractivity (Wildman–Crippen MR) is 61.7 cm³/mol. The summed E-state index contributed by atoms with van der Waals surface area (Å²) in [4.78, 5) is 4.28. The van der Waals surface area contributed by atoms with Gasteiger partial charge in [-0.15, -0.1) is 0 Å². The lowest BCUT2D eigenvalue weighted by atomic mass is 10.4. The van der Waals surface area contributed by atoms with Crippen LogP contribution in [0.15, 0.2) is 40.2 Å². The number of rotatable bonds is 2. The van der Waals surface area contributed by atoms with Gasteiger partial charge in [0.15, 0.2) is 0 Å². The molecule has 1 aliphatic rings. The second-order valence-corrected chi connectivity index (χ2v) is 5.34. The van der Waals surface area contributed by atoms with E-state index in [-0.39, 0.29) is 10.9 Å². The van der Waals surface area contributed by atoms with E-state index >= 15 is 0 Å². The molecule has 1 aromatic rings. The lowest BCUT2D eigenvalue weighted by Gasteiger charge is -2.09. The molecule has 2 N–H and O–H groups in total. The summed E-state index contributed by atoms with van der Waals surface area (Å²) in [6.07, 6.45) is 0. The molecule has 2 rings (SSSR count). The lowest BCUT2D eigenvalue weighted by Crippen LogP contribution is -2.40. The summed E-state index contributed by atoms with van der Waals surface area (Å²) in [6.45, 7) is 2.53. The van der Waals surface area contributed by atoms with Crippen molar-refractivity contribution >= 4 is 16.0 Å². The van der Waals surface area contributed by atoms with Crippen molar-refractivity contribution < 1.29 is 8.42 Å². The Morgan fingerprint density at radius 1 is 1.38 bits per heavy atom. The molecule has 1 heterocycles. The highest BCUT2D eigenvalue weighted by atomic mass is 32.2. The highest BCUT2D eigenvalue weighted by Crippen LogP contribution is 2.07. The van der Waals surface area contributed by atoms with Gasteiger partial charge in [-0.1, -0.05) is 18.2 Å². The Hall–Kier alpha value is -1.56. The Morgan fingerprint density at radius 3 is 2.62 bits per heavy atom. The minimum Gasteiger partial charge on any atom is -0.351 e. The number of nitrogens with zero attached hydrogens (tertiary/aromatic N) is 1. The highest BCUT2D eigenvalue weighted by molar-refractivity contribution is 7.90. The maximum Gasteiger partial charge on any atom is 0.264 e. The summed E-state index contributed by atoms with van der Waals surface area (Å²) >= 11 is 0. The van der Waals surface area contributed by atoms with Crippen molar-refractivity contribution in [3.8, 4) is 0 Å². The zero-order valence-electron chi connectivity index (χ0n) is 8.84. The van der Waals surface area contributed by atoms with Crippen LogP contribution in [0.4, 0.5) is 0 Å². The van der Waals surface area contributed by atoms with E-state index in [0.717, 1.165) is 0 Å². The van der Waals surface area contributed by atoms with Crippen LogP contribution in [0.2, 0.25) is 0 Å². The number of aliphatic imine (C=N–C) groups is 1. The van der Waals surface area contributed by atoms with Crippen LogP contribution in [0.3, 0.4) is 0 Å². The molecule has 0 saturated carbocycles. The first-order valence-corrected chi connectivity index (χ1v) is 6.45. The molecule has 16 heavy (non-hydrogen) atoms. The summed E-state index contributed by atoms with van der Waals surface area (Å²) in [7, 11) is -3.51. The van der Waals surface area contributed by atoms with Crippen molar-refractivity contribution in [2.75, 3.05) is 6.54 Å². The number of hydrogen-bond donors (Lipinski definition) is 2. The van der Waals surface area contributed by atoms with Crippen molar-refractivity contribution in [1.82, 2.24) is 10.0 Å². The summed E-state index contributed by atoms with van der Waals surface area (Å²) < 4.78 is 26.1. The SMILES string of the molecule is C[C@H]1CN=C(NS(=O)(=O)c2ccccc2)N1. The molecule has 0 bridgehead atoms. The van der Waals surface area contributed by atoms with Crippen molar-refractivity contribution in [1.29, 1.82) is 0 Å². The van der Waals surface area contributed by atoms with Gasteiger partial charge in [0.25, 0.3) is 10.0 Å². The van der Waals surface area contributed by atoms with Crippen LogP contribution in [0.1, 0.15) is 6.92 Å². The summed E-state index contributed by atoms with van der Waals surface area (Å²) in [5, 5.41) is 2.94. The zero-order valence-corrected chi connectivity index (χ0v) is 9.66. The predicted octanol–water partition coefficient (Wildman–Crippen LogP) is 0.313. The lowest BCUT2D eigenvalue weighted by molar-refractivity contribution is 0.591. The van der Waals surface area contributed by atoms with Gasteiger partial charge in [0, 0.05) is 6.04 Å². The van der Waals surface area contributed by atoms with Gasteiger partial charge in [-0.05, 0) is 19.1 Å². The minimum atomic E-state index is -3.51. The fourth-order valence-corrected chi connectivity index (χ4v) is 2.41. The first-order valence-electron chi connectivity index (χ1n) is 4.97. The molecule has 0 spiro atoms. The van der Waals surface area contributed by atoms with Gasteiger partial charge < -0.3 is 5.32 Å². The van der Waals surface area contributed by atoms with E-state index in [0.29, 0.717) is 12.5 Å². The molecule has 0 unspecified atom stereocenters. The molecule has 86 valence electrons. The van der Waals surface area contributed by atoms with Crippen molar-refractivity contribution in [3.63, 3.8) is 0 Å². The van der Waals surface area contributed by atoms with Gasteiger partial charge in [0.05, 0.1) is 11.4 Å². The van der Waals surface area contributed by atoms with E-state index in [4.69, 9.17) is 0 Å². The van der Waals surface area contributed by atoms with Crippen LogP contribution < -0.4 is 10.0 Å². The minimum absolute atomic E-state index is 0.175. The largest absolute Gasteiger partial charge is 0.351 e. The molecular weight excluding hydrogens is 226 g/mol. The topological polar surface area (TPSA) is 70.6 Å². The molecule has 0 aromatic heterocycles. The van der Waals surface area contributed by atoms with Crippen LogP contribution in [0, 0.1) is 0 Å². The summed E-state index contributed by atoms with van der Waals surface area (Å²) in [5.41, 5.74) is 0. The van der Waals surface area contributed by atoms with Crippen LogP contribution in [0.5, 0.6) is 0 Å². The van der Waals surface area contributed by atoms with Crippen LogP contribution in [0.25, 0.3) is 0 Å². The number of hydrogen-bond acceptors (Lipinski definition) is 4. The number of sulfonamides is 1. The molecular formula is C10H13N3O2S. The van der Waals surface area contributed by atoms with E-state index in [1.165, 1.54) is 0 Å². The van der Waals surface area contributed by atoms with Gasteiger partial charge in [-0.25, -0.2) is 13.1 Å². The Labute approximate surface area is 94.6 Å². The molecule has 1 atom stereocenters. The third-order valence-electron chi connectivity index (χ3n) is 2.19. The molecule has 1 aromatic carbocycles. The third kappa shape index (κ3) is 2.33. The average molecular weight is 239 g/mol. The van der Waals surface area contributed by atoms with Gasteiger partial charge in [-0.2, -0.15) is 0 Å². The Kier molecular flexibility index (Phi) is 2.82. The number of guanidine groups is 1. The molecule has 0 amide bonds. The fraction of sp³-hybridized carbons (Fsp3) is 0.300. The monoisotopic (exact) mass is 239 g/mol. The molecule has 1 aliphatic heterocycles. The zero-order chi connectivity index (χ0) is 11.6. The van der Waals surface area contributed by atoms with Gasteiger partial charge in [0.1, 0.15) is 0 Å². The first-order chi connectivity index (χ1) is 7.58. The Balaban J connectivity index is 2.16. The fourth-order valence-electron chi connectivity index (χ4n) is 1.40. The Bertz CT molecular complexity index is 496. The molecule has 6 heteroatoms. The normalized spacial score (nSPS) is 20.1. The first kappa shape index (κ1) is 10.9. The van der Waals surface area contributed by atoms with Crippen molar-refractivity contribution in [3.05, 3.63) is 30.3 Å². The molecule has 0 radical (unpaired) electrons. The van der Waals surface area contributed by atoms with E-state index in [1.54, 1.807) is 30.3 Å². The van der Waals surface area contributed by atoms with Crippen molar-refractivity contribution in [2.45, 2.75) is 17.9 Å². The van der Waals surface area contributed by atoms with E-state index in [9.17, 15) is 8.42 Å². The van der Waals surface area contributed by atoms with Gasteiger partial charge in [-0.3, -0.25) is 4.99 Å². The smallest absolute Gasteiger partial charge is 0.264 e. The summed E-state index contributed by atoms with van der Waals surface area (Å²) in [6, 6.07) is 8.39. The average Bonchev–Trinajstić information content (AvgIpc) is 2.64. The van der Waals surface area contributed by atoms with E-state index in [2.05, 4.69) is 15.0 Å². The Morgan fingerprint density at radius 2 is 2.06 bits per heavy atom. The van der Waals surface area contributed by atoms with Gasteiger partial charge >= 0.3 is 0 Å². The van der Waals surface area contributed by atoms with Crippen LogP contribution >= 0.6 is 0 Å². The molecule has 0 aliphatic carbocycles. The third-order valence-corrected chi connectivity index (χ3v) is 3.55. The van der Waals surface area contributed by atoms with Gasteiger partial charge in [0.2, 0.25) is 5.96 Å². The van der Waals surface area contributed by atoms with Crippen molar-refractivity contribution in [2.24, 2.45) is 4.99 Å². The second-order valence-electron chi connectivity index (χ2n) is 3.65. The van der Waals surface area contributed by atoms with Crippen LogP contribution in [-0.2, 0) is 10.0 Å². The molecule has 0 fully saturated rings. The highest BCUT2D eigenvalue weighted by Gasteiger charge is 2.19. The quantitative estimate of drug-likeness (QED) is 0.780. The number of nitrogens with one attached hydrogen (secondary N) is 2. The number of benzene rings is 1. The maximum atomic E-state index is 11.9. The van der Waals surface area contributed by atoms with E-state index < -0.39 is 10.0 Å². The second kappa shape index (κ2) is 4.13. The molecule has 5 nitrogen and oxygen atoms in total. The van der Waals surface area contributed by atoms with Crippen LogP contribution in [-0.4, -0.2) is 27.0 Å². The van der Waals surface area contributed by atoms with E-state index in [1.807, 2.05) is 6.92 Å². The molecule has 0 saturated heterocycles.